The first-order valence-corrected chi connectivity index (χ1v) is 6.77. The van der Waals surface area contributed by atoms with Gasteiger partial charge in [0.1, 0.15) is 5.78 Å². The SMILES string of the molecule is CC(=O)CC[C@]1(C)OC(c2cc(C)cc(Cl)c2)=NC1=O. The fourth-order valence-corrected chi connectivity index (χ4v) is 2.34. The summed E-state index contributed by atoms with van der Waals surface area (Å²) in [5.41, 5.74) is 0.579. The lowest BCUT2D eigenvalue weighted by Gasteiger charge is -2.21. The molecule has 1 aromatic rings. The van der Waals surface area contributed by atoms with Crippen LogP contribution in [0.2, 0.25) is 5.02 Å². The number of aliphatic imine (C=N–C) groups is 1. The van der Waals surface area contributed by atoms with Crippen molar-refractivity contribution >= 4 is 29.2 Å². The molecule has 0 N–H and O–H groups in total. The number of carbonyl (C=O) groups is 2. The summed E-state index contributed by atoms with van der Waals surface area (Å²) in [6.07, 6.45) is 0.618. The molecule has 0 aliphatic carbocycles. The number of carbonyl (C=O) groups excluding carboxylic acids is 2. The van der Waals surface area contributed by atoms with Crippen molar-refractivity contribution in [3.05, 3.63) is 34.3 Å². The zero-order valence-electron chi connectivity index (χ0n) is 11.7. The summed E-state index contributed by atoms with van der Waals surface area (Å²) in [4.78, 5) is 27.0. The smallest absolute Gasteiger partial charge is 0.292 e. The largest absolute Gasteiger partial charge is 0.461 e. The average Bonchev–Trinajstić information content (AvgIpc) is 2.63. The van der Waals surface area contributed by atoms with E-state index in [1.165, 1.54) is 6.92 Å². The Balaban J connectivity index is 2.22. The molecule has 0 fully saturated rings. The van der Waals surface area contributed by atoms with Crippen LogP contribution in [0, 0.1) is 6.92 Å². The van der Waals surface area contributed by atoms with Crippen LogP contribution in [0.3, 0.4) is 0 Å². The van der Waals surface area contributed by atoms with Crippen LogP contribution in [-0.4, -0.2) is 23.2 Å². The Morgan fingerprint density at radius 3 is 2.70 bits per heavy atom. The molecule has 2 rings (SSSR count). The van der Waals surface area contributed by atoms with Gasteiger partial charge in [-0.3, -0.25) is 4.79 Å². The van der Waals surface area contributed by atoms with Crippen molar-refractivity contribution in [1.82, 2.24) is 0 Å². The maximum atomic E-state index is 12.0. The average molecular weight is 294 g/mol. The second-order valence-corrected chi connectivity index (χ2v) is 5.71. The van der Waals surface area contributed by atoms with E-state index in [2.05, 4.69) is 4.99 Å². The third-order valence-corrected chi connectivity index (χ3v) is 3.44. The van der Waals surface area contributed by atoms with E-state index in [0.717, 1.165) is 5.56 Å². The molecular formula is C15H16ClNO3. The highest BCUT2D eigenvalue weighted by Gasteiger charge is 2.42. The lowest BCUT2D eigenvalue weighted by Crippen LogP contribution is -2.34. The zero-order valence-corrected chi connectivity index (χ0v) is 12.5. The van der Waals surface area contributed by atoms with E-state index < -0.39 is 5.60 Å². The molecule has 0 saturated carbocycles. The van der Waals surface area contributed by atoms with Gasteiger partial charge in [0.2, 0.25) is 5.90 Å². The number of halogens is 1. The molecule has 20 heavy (non-hydrogen) atoms. The van der Waals surface area contributed by atoms with Crippen LogP contribution >= 0.6 is 11.6 Å². The molecule has 0 radical (unpaired) electrons. The fraction of sp³-hybridized carbons (Fsp3) is 0.400. The number of hydrogen-bond acceptors (Lipinski definition) is 3. The predicted molar refractivity (Wildman–Crippen MR) is 77.1 cm³/mol. The minimum Gasteiger partial charge on any atom is -0.461 e. The first-order chi connectivity index (χ1) is 9.30. The Bertz CT molecular complexity index is 589. The standard InChI is InChI=1S/C15H16ClNO3/c1-9-6-11(8-12(16)7-9)13-17-14(19)15(3,20-13)5-4-10(2)18/h6-8H,4-5H2,1-3H3/t15-/m0/s1. The number of nitrogens with zero attached hydrogens (tertiary/aromatic N) is 1. The Kier molecular flexibility index (Phi) is 3.95. The van der Waals surface area contributed by atoms with Crippen molar-refractivity contribution in [2.45, 2.75) is 39.2 Å². The van der Waals surface area contributed by atoms with E-state index in [1.54, 1.807) is 13.0 Å². The van der Waals surface area contributed by atoms with E-state index in [-0.39, 0.29) is 17.6 Å². The van der Waals surface area contributed by atoms with E-state index in [9.17, 15) is 9.59 Å². The molecule has 0 aromatic heterocycles. The molecule has 0 saturated heterocycles. The summed E-state index contributed by atoms with van der Waals surface area (Å²) >= 11 is 6.00. The van der Waals surface area contributed by atoms with Crippen LogP contribution < -0.4 is 0 Å². The number of aryl methyl sites for hydroxylation is 1. The first kappa shape index (κ1) is 14.7. The maximum Gasteiger partial charge on any atom is 0.292 e. The van der Waals surface area contributed by atoms with Gasteiger partial charge in [0.05, 0.1) is 0 Å². The van der Waals surface area contributed by atoms with Crippen molar-refractivity contribution in [2.75, 3.05) is 0 Å². The van der Waals surface area contributed by atoms with E-state index in [4.69, 9.17) is 16.3 Å². The van der Waals surface area contributed by atoms with Crippen LogP contribution in [0.1, 0.15) is 37.8 Å². The summed E-state index contributed by atoms with van der Waals surface area (Å²) < 4.78 is 5.70. The third-order valence-electron chi connectivity index (χ3n) is 3.22. The summed E-state index contributed by atoms with van der Waals surface area (Å²) in [5.74, 6) is -0.0623. The normalized spacial score (nSPS) is 21.6. The maximum absolute atomic E-state index is 12.0. The predicted octanol–water partition coefficient (Wildman–Crippen LogP) is 3.08. The molecule has 1 atom stereocenters. The minimum atomic E-state index is -1.06. The highest BCUT2D eigenvalue weighted by molar-refractivity contribution is 6.31. The van der Waals surface area contributed by atoms with Gasteiger partial charge in [-0.2, -0.15) is 4.99 Å². The van der Waals surface area contributed by atoms with E-state index in [0.29, 0.717) is 23.4 Å². The van der Waals surface area contributed by atoms with Crippen molar-refractivity contribution in [3.63, 3.8) is 0 Å². The Morgan fingerprint density at radius 2 is 2.10 bits per heavy atom. The van der Waals surface area contributed by atoms with Crippen molar-refractivity contribution in [1.29, 1.82) is 0 Å². The molecule has 5 heteroatoms. The molecule has 1 aromatic carbocycles. The molecule has 1 amide bonds. The van der Waals surface area contributed by atoms with E-state index in [1.807, 2.05) is 19.1 Å². The molecule has 1 aliphatic heterocycles. The molecule has 0 bridgehead atoms. The zero-order chi connectivity index (χ0) is 14.9. The number of ether oxygens (including phenoxy) is 1. The van der Waals surface area contributed by atoms with Crippen LogP contribution in [-0.2, 0) is 14.3 Å². The van der Waals surface area contributed by atoms with Gasteiger partial charge in [-0.1, -0.05) is 11.6 Å². The lowest BCUT2D eigenvalue weighted by molar-refractivity contribution is -0.130. The highest BCUT2D eigenvalue weighted by atomic mass is 35.5. The summed E-state index contributed by atoms with van der Waals surface area (Å²) in [6, 6.07) is 5.38. The van der Waals surface area contributed by atoms with Crippen LogP contribution in [0.5, 0.6) is 0 Å². The van der Waals surface area contributed by atoms with Gasteiger partial charge in [0, 0.05) is 23.4 Å². The molecule has 106 valence electrons. The van der Waals surface area contributed by atoms with Crippen LogP contribution in [0.25, 0.3) is 0 Å². The number of benzene rings is 1. The molecule has 4 nitrogen and oxygen atoms in total. The van der Waals surface area contributed by atoms with Gasteiger partial charge < -0.3 is 9.53 Å². The quantitative estimate of drug-likeness (QED) is 0.857. The highest BCUT2D eigenvalue weighted by Crippen LogP contribution is 2.29. The summed E-state index contributed by atoms with van der Waals surface area (Å²) in [5, 5.41) is 0.566. The van der Waals surface area contributed by atoms with Gasteiger partial charge >= 0.3 is 0 Å². The summed E-state index contributed by atoms with van der Waals surface area (Å²) in [6.45, 7) is 5.05. The molecule has 0 spiro atoms. The van der Waals surface area contributed by atoms with Gasteiger partial charge in [-0.05, 0) is 44.5 Å². The lowest BCUT2D eigenvalue weighted by atomic mass is 9.98. The van der Waals surface area contributed by atoms with Crippen LogP contribution in [0.15, 0.2) is 23.2 Å². The number of rotatable bonds is 4. The van der Waals surface area contributed by atoms with Gasteiger partial charge in [0.15, 0.2) is 5.60 Å². The number of ketones is 1. The Hall–Kier alpha value is -1.68. The molecular weight excluding hydrogens is 278 g/mol. The van der Waals surface area contributed by atoms with Gasteiger partial charge in [-0.15, -0.1) is 0 Å². The second-order valence-electron chi connectivity index (χ2n) is 5.27. The molecule has 1 heterocycles. The van der Waals surface area contributed by atoms with Crippen molar-refractivity contribution in [2.24, 2.45) is 4.99 Å². The Morgan fingerprint density at radius 1 is 1.40 bits per heavy atom. The van der Waals surface area contributed by atoms with E-state index >= 15 is 0 Å². The molecule has 1 aliphatic rings. The van der Waals surface area contributed by atoms with Crippen molar-refractivity contribution in [3.8, 4) is 0 Å². The van der Waals surface area contributed by atoms with Gasteiger partial charge in [-0.25, -0.2) is 0 Å². The Labute approximate surface area is 122 Å². The fourth-order valence-electron chi connectivity index (χ4n) is 2.05. The second kappa shape index (κ2) is 5.37. The van der Waals surface area contributed by atoms with Gasteiger partial charge in [0.25, 0.3) is 5.91 Å². The van der Waals surface area contributed by atoms with Crippen LogP contribution in [0.4, 0.5) is 0 Å². The summed E-state index contributed by atoms with van der Waals surface area (Å²) in [7, 11) is 0. The van der Waals surface area contributed by atoms with Crippen molar-refractivity contribution < 1.29 is 14.3 Å². The monoisotopic (exact) mass is 293 g/mol. The number of hydrogen-bond donors (Lipinski definition) is 0. The third kappa shape index (κ3) is 3.07. The number of amides is 1. The number of Topliss-reactive ketones (excluding diaryl/α,β-unsaturated/α-hetero) is 1. The molecule has 0 unspecified atom stereocenters. The topological polar surface area (TPSA) is 55.7 Å². The first-order valence-electron chi connectivity index (χ1n) is 6.39. The minimum absolute atomic E-state index is 0.0228.